The number of aliphatic hydroxyl groups excluding tert-OH is 1. The molecular weight excluding hydrogens is 557 g/mol. The number of halogens is 5. The Balaban J connectivity index is 0.000000357. The molecule has 1 unspecified atom stereocenters. The number of aryl methyl sites for hydroxylation is 1. The van der Waals surface area contributed by atoms with Crippen LogP contribution >= 0.6 is 11.3 Å². The number of pyridine rings is 1. The van der Waals surface area contributed by atoms with Crippen molar-refractivity contribution in [3.8, 4) is 10.4 Å². The van der Waals surface area contributed by atoms with Gasteiger partial charge in [-0.15, -0.1) is 11.3 Å². The van der Waals surface area contributed by atoms with Gasteiger partial charge >= 0.3 is 6.18 Å². The highest BCUT2D eigenvalue weighted by molar-refractivity contribution is 7.17. The van der Waals surface area contributed by atoms with Crippen molar-refractivity contribution in [1.29, 1.82) is 0 Å². The van der Waals surface area contributed by atoms with Gasteiger partial charge in [0.2, 0.25) is 6.41 Å². The number of aromatic nitrogens is 2. The molecule has 14 heteroatoms. The average molecular weight is 596 g/mol. The molecule has 1 saturated carbocycles. The van der Waals surface area contributed by atoms with Crippen molar-refractivity contribution in [3.05, 3.63) is 28.5 Å². The van der Waals surface area contributed by atoms with E-state index in [1.165, 1.54) is 31.5 Å². The van der Waals surface area contributed by atoms with Crippen LogP contribution in [0.2, 0.25) is 0 Å². The first-order chi connectivity index (χ1) is 18.7. The van der Waals surface area contributed by atoms with Gasteiger partial charge in [-0.25, -0.2) is 18.7 Å². The van der Waals surface area contributed by atoms with E-state index in [0.717, 1.165) is 43.6 Å². The van der Waals surface area contributed by atoms with Crippen molar-refractivity contribution in [2.45, 2.75) is 91.0 Å². The number of aliphatic hydroxyl groups is 1. The number of hydrogen-bond acceptors (Lipinski definition) is 7. The third-order valence-corrected chi connectivity index (χ3v) is 7.00. The number of thiazole rings is 1. The zero-order valence-corrected chi connectivity index (χ0v) is 23.9. The van der Waals surface area contributed by atoms with Crippen LogP contribution in [0, 0.1) is 6.92 Å². The van der Waals surface area contributed by atoms with E-state index in [1.54, 1.807) is 6.92 Å². The summed E-state index contributed by atoms with van der Waals surface area (Å²) in [5.74, 6) is -0.273. The van der Waals surface area contributed by atoms with Gasteiger partial charge in [-0.1, -0.05) is 6.92 Å². The first kappa shape index (κ1) is 35.2. The molecule has 2 fully saturated rings. The molecule has 3 heterocycles. The van der Waals surface area contributed by atoms with Crippen LogP contribution < -0.4 is 11.1 Å². The third-order valence-electron chi connectivity index (χ3n) is 5.79. The van der Waals surface area contributed by atoms with E-state index < -0.39 is 18.5 Å². The topological polar surface area (TPSA) is 121 Å². The molecule has 4 N–H and O–H groups in total. The van der Waals surface area contributed by atoms with Crippen LogP contribution in [0.1, 0.15) is 86.8 Å². The van der Waals surface area contributed by atoms with Gasteiger partial charge < -0.3 is 21.1 Å². The predicted molar refractivity (Wildman–Crippen MR) is 145 cm³/mol. The molecule has 1 aliphatic heterocycles. The van der Waals surface area contributed by atoms with Crippen molar-refractivity contribution in [3.63, 3.8) is 0 Å². The SMILES string of the molecule is CC(F)(F)F.CC1CCCN1C=O.CCCNc1cc(C(F)F)c(-c2sc(C(N)=O)nc2C)cn1.OC1CCC1. The quantitative estimate of drug-likeness (QED) is 0.263. The van der Waals surface area contributed by atoms with Crippen molar-refractivity contribution in [2.75, 3.05) is 18.4 Å². The first-order valence-corrected chi connectivity index (χ1v) is 13.7. The largest absolute Gasteiger partial charge is 0.393 e. The van der Waals surface area contributed by atoms with Gasteiger partial charge in [0.15, 0.2) is 5.01 Å². The van der Waals surface area contributed by atoms with Crippen molar-refractivity contribution in [1.82, 2.24) is 14.9 Å². The highest BCUT2D eigenvalue weighted by atomic mass is 32.1. The fourth-order valence-electron chi connectivity index (χ4n) is 3.44. The zero-order chi connectivity index (χ0) is 30.5. The molecule has 8 nitrogen and oxygen atoms in total. The summed E-state index contributed by atoms with van der Waals surface area (Å²) < 4.78 is 57.8. The Morgan fingerprint density at radius 3 is 2.25 bits per heavy atom. The minimum atomic E-state index is -4.00. The Morgan fingerprint density at radius 2 is 1.90 bits per heavy atom. The Kier molecular flexibility index (Phi) is 15.0. The number of carbonyl (C=O) groups excluding carboxylic acids is 2. The van der Waals surface area contributed by atoms with Gasteiger partial charge in [-0.05, 0) is 58.4 Å². The number of nitrogens with one attached hydrogen (secondary N) is 1. The normalized spacial score (nSPS) is 16.5. The van der Waals surface area contributed by atoms with Crippen molar-refractivity contribution in [2.24, 2.45) is 5.73 Å². The minimum absolute atomic E-state index is 0.0648. The Morgan fingerprint density at radius 1 is 1.30 bits per heavy atom. The standard InChI is InChI=1S/C14H16F2N4OS.C6H11NO.C4H8O.C2H3F3/c1-3-4-18-10-5-8(12(15)16)9(6-19-10)11-7(2)20-14(22-11)13(17)21;1-6-3-2-4-7(6)5-8;5-4-2-1-3-4;1-2(3,4)5/h5-6,12H,3-4H2,1-2H3,(H2,17,21)(H,18,19);5-6H,2-4H2,1H3;4-5H,1-3H2;1H3. The monoisotopic (exact) mass is 595 g/mol. The van der Waals surface area contributed by atoms with Crippen LogP contribution in [-0.4, -0.2) is 63.7 Å². The van der Waals surface area contributed by atoms with Crippen LogP contribution in [0.3, 0.4) is 0 Å². The van der Waals surface area contributed by atoms with E-state index in [9.17, 15) is 31.5 Å². The molecule has 2 aromatic heterocycles. The second-order valence-electron chi connectivity index (χ2n) is 9.38. The third kappa shape index (κ3) is 13.0. The number of likely N-dealkylation sites (tertiary alicyclic amines) is 1. The number of nitrogens with two attached hydrogens (primary N) is 1. The van der Waals surface area contributed by atoms with Crippen LogP contribution in [0.25, 0.3) is 10.4 Å². The fraction of sp³-hybridized carbons (Fsp3) is 0.615. The highest BCUT2D eigenvalue weighted by Crippen LogP contribution is 2.37. The van der Waals surface area contributed by atoms with Gasteiger partial charge in [-0.3, -0.25) is 9.59 Å². The molecule has 1 saturated heterocycles. The summed E-state index contributed by atoms with van der Waals surface area (Å²) >= 11 is 0.997. The van der Waals surface area contributed by atoms with Crippen molar-refractivity contribution >= 4 is 29.5 Å². The van der Waals surface area contributed by atoms with E-state index in [-0.39, 0.29) is 29.2 Å². The Bertz CT molecular complexity index is 1060. The van der Waals surface area contributed by atoms with Crippen molar-refractivity contribution < 1.29 is 36.6 Å². The summed E-state index contributed by atoms with van der Waals surface area (Å²) in [6.45, 7) is 7.51. The lowest BCUT2D eigenvalue weighted by molar-refractivity contribution is -0.118. The maximum absolute atomic E-state index is 13.3. The number of amides is 2. The fourth-order valence-corrected chi connectivity index (χ4v) is 4.39. The zero-order valence-electron chi connectivity index (χ0n) is 23.1. The molecule has 1 aliphatic carbocycles. The molecule has 0 radical (unpaired) electrons. The number of nitrogens with zero attached hydrogens (tertiary/aromatic N) is 3. The average Bonchev–Trinajstić information content (AvgIpc) is 3.46. The molecule has 1 atom stereocenters. The van der Waals surface area contributed by atoms with Crippen LogP contribution in [-0.2, 0) is 4.79 Å². The van der Waals surface area contributed by atoms with Crippen LogP contribution in [0.4, 0.5) is 27.8 Å². The summed E-state index contributed by atoms with van der Waals surface area (Å²) in [6.07, 6.45) is 2.28. The van der Waals surface area contributed by atoms with E-state index in [0.29, 0.717) is 29.0 Å². The molecule has 0 bridgehead atoms. The van der Waals surface area contributed by atoms with Crippen LogP contribution in [0.5, 0.6) is 0 Å². The summed E-state index contributed by atoms with van der Waals surface area (Å²) in [6, 6.07) is 1.83. The smallest absolute Gasteiger partial charge is 0.386 e. The number of primary amides is 1. The maximum atomic E-state index is 13.3. The first-order valence-electron chi connectivity index (χ1n) is 12.9. The van der Waals surface area contributed by atoms with Gasteiger partial charge in [0, 0.05) is 43.4 Å². The van der Waals surface area contributed by atoms with E-state index in [2.05, 4.69) is 22.2 Å². The summed E-state index contributed by atoms with van der Waals surface area (Å²) in [7, 11) is 0. The van der Waals surface area contributed by atoms with E-state index in [1.807, 2.05) is 11.8 Å². The van der Waals surface area contributed by atoms with E-state index >= 15 is 0 Å². The van der Waals surface area contributed by atoms with Gasteiger partial charge in [0.05, 0.1) is 16.7 Å². The Labute approximate surface area is 235 Å². The van der Waals surface area contributed by atoms with Gasteiger partial charge in [-0.2, -0.15) is 13.2 Å². The lowest BCUT2D eigenvalue weighted by Crippen LogP contribution is -2.24. The van der Waals surface area contributed by atoms with Gasteiger partial charge in [0.25, 0.3) is 12.3 Å². The molecule has 40 heavy (non-hydrogen) atoms. The number of carbonyl (C=O) groups is 2. The molecule has 2 amide bonds. The summed E-state index contributed by atoms with van der Waals surface area (Å²) in [4.78, 5) is 31.8. The summed E-state index contributed by atoms with van der Waals surface area (Å²) in [5, 5.41) is 11.5. The Hall–Kier alpha value is -2.87. The number of hydrogen-bond donors (Lipinski definition) is 3. The molecule has 2 aliphatic rings. The van der Waals surface area contributed by atoms with Gasteiger partial charge in [0.1, 0.15) is 5.82 Å². The maximum Gasteiger partial charge on any atom is 0.386 e. The second-order valence-corrected chi connectivity index (χ2v) is 10.4. The second kappa shape index (κ2) is 17.1. The summed E-state index contributed by atoms with van der Waals surface area (Å²) in [5.41, 5.74) is 5.80. The molecule has 0 aromatic carbocycles. The number of anilines is 1. The lowest BCUT2D eigenvalue weighted by atomic mass is 9.97. The molecule has 2 aromatic rings. The number of alkyl halides is 5. The van der Waals surface area contributed by atoms with Crippen LogP contribution in [0.15, 0.2) is 12.3 Å². The molecular formula is C26H38F5N5O3S. The molecule has 0 spiro atoms. The highest BCUT2D eigenvalue weighted by Gasteiger charge is 2.21. The van der Waals surface area contributed by atoms with E-state index in [4.69, 9.17) is 10.8 Å². The minimum Gasteiger partial charge on any atom is -0.393 e. The molecule has 4 rings (SSSR count). The molecule has 226 valence electrons. The lowest BCUT2D eigenvalue weighted by Gasteiger charge is -2.17. The predicted octanol–water partition coefficient (Wildman–Crippen LogP) is 6.10. The number of rotatable bonds is 7.